The number of fused-ring (bicyclic) bond motifs is 1. The first-order chi connectivity index (χ1) is 25.8. The molecule has 0 spiro atoms. The maximum Gasteiger partial charge on any atom is 0.411 e. The second-order valence-corrected chi connectivity index (χ2v) is 15.1. The van der Waals surface area contributed by atoms with Crippen LogP contribution in [-0.4, -0.2) is 79.0 Å². The first kappa shape index (κ1) is 38.8. The quantitative estimate of drug-likeness (QED) is 0.184. The summed E-state index contributed by atoms with van der Waals surface area (Å²) in [6.45, 7) is 3.98. The van der Waals surface area contributed by atoms with Crippen molar-refractivity contribution in [1.29, 1.82) is 0 Å². The highest BCUT2D eigenvalue weighted by Crippen LogP contribution is 2.27. The number of alkyl halides is 3. The van der Waals surface area contributed by atoms with Crippen LogP contribution < -0.4 is 26.0 Å². The zero-order valence-corrected chi connectivity index (χ0v) is 31.2. The van der Waals surface area contributed by atoms with E-state index in [1.54, 1.807) is 53.8 Å². The fraction of sp³-hybridized carbons (Fsp3) is 0.378. The molecule has 3 aromatic carbocycles. The molecule has 0 saturated carbocycles. The number of benzene rings is 3. The van der Waals surface area contributed by atoms with Crippen molar-refractivity contribution in [3.63, 3.8) is 0 Å². The molecule has 286 valence electrons. The maximum absolute atomic E-state index is 13.7. The fourth-order valence-corrected chi connectivity index (χ4v) is 6.97. The van der Waals surface area contributed by atoms with E-state index >= 15 is 0 Å². The second kappa shape index (κ2) is 17.0. The fourth-order valence-electron chi connectivity index (χ4n) is 5.74. The molecule has 12 nitrogen and oxygen atoms in total. The van der Waals surface area contributed by atoms with Crippen LogP contribution in [0, 0.1) is 5.41 Å². The Labute approximate surface area is 319 Å². The molecule has 5 aliphatic rings. The molecule has 54 heavy (non-hydrogen) atoms. The average molecular weight is 785 g/mol. The Morgan fingerprint density at radius 3 is 2.65 bits per heavy atom. The minimum Gasteiger partial charge on any atom is -0.492 e. The summed E-state index contributed by atoms with van der Waals surface area (Å²) in [5, 5.41) is 12.9. The smallest absolute Gasteiger partial charge is 0.411 e. The molecule has 6 bridgehead atoms. The van der Waals surface area contributed by atoms with Crippen molar-refractivity contribution in [1.82, 2.24) is 25.8 Å². The number of amides is 2. The highest BCUT2D eigenvalue weighted by molar-refractivity contribution is 7.18. The summed E-state index contributed by atoms with van der Waals surface area (Å²) in [5.74, 6) is 0.329. The number of aryl methyl sites for hydroxylation is 1. The third-order valence-corrected chi connectivity index (χ3v) is 9.79. The van der Waals surface area contributed by atoms with E-state index in [2.05, 4.69) is 36.2 Å². The molecule has 9 rings (SSSR count). The average Bonchev–Trinajstić information content (AvgIpc) is 3.56. The SMILES string of the molecule is CC1(C)CNC(=O)c2ccc(cc2)NC2=NC(OCC(F)(F)F)NC(=NCc3ccc(c(Cl)c3)OCCCN(C(=O)CCc3nc4ccccc4s3)C1)N2. The van der Waals surface area contributed by atoms with Gasteiger partial charge in [0.2, 0.25) is 24.2 Å². The number of hydrogen-bond donors (Lipinski definition) is 4. The van der Waals surface area contributed by atoms with Gasteiger partial charge in [-0.3, -0.25) is 14.9 Å². The van der Waals surface area contributed by atoms with Gasteiger partial charge < -0.3 is 30.3 Å². The lowest BCUT2D eigenvalue weighted by Gasteiger charge is -2.33. The van der Waals surface area contributed by atoms with Crippen molar-refractivity contribution in [3.05, 3.63) is 87.9 Å². The molecule has 4 aromatic rings. The van der Waals surface area contributed by atoms with Gasteiger partial charge in [-0.15, -0.1) is 11.3 Å². The van der Waals surface area contributed by atoms with E-state index in [1.165, 1.54) is 0 Å². The predicted molar refractivity (Wildman–Crippen MR) is 203 cm³/mol. The number of guanidine groups is 2. The molecule has 1 unspecified atom stereocenters. The molecular weight excluding hydrogens is 745 g/mol. The number of anilines is 1. The van der Waals surface area contributed by atoms with Gasteiger partial charge in [-0.1, -0.05) is 43.6 Å². The van der Waals surface area contributed by atoms with Crippen LogP contribution in [0.3, 0.4) is 0 Å². The molecule has 0 saturated heterocycles. The molecule has 1 aromatic heterocycles. The van der Waals surface area contributed by atoms with E-state index < -0.39 is 24.6 Å². The van der Waals surface area contributed by atoms with Crippen molar-refractivity contribution in [2.75, 3.05) is 38.2 Å². The summed E-state index contributed by atoms with van der Waals surface area (Å²) >= 11 is 8.15. The Hall–Kier alpha value is -4.93. The lowest BCUT2D eigenvalue weighted by atomic mass is 9.92. The number of aromatic nitrogens is 1. The number of thiazole rings is 1. The Kier molecular flexibility index (Phi) is 12.2. The largest absolute Gasteiger partial charge is 0.492 e. The lowest BCUT2D eigenvalue weighted by Crippen LogP contribution is -2.54. The zero-order valence-electron chi connectivity index (χ0n) is 29.6. The highest BCUT2D eigenvalue weighted by Gasteiger charge is 2.31. The van der Waals surface area contributed by atoms with Crippen molar-refractivity contribution in [2.45, 2.75) is 52.2 Å². The summed E-state index contributed by atoms with van der Waals surface area (Å²) in [6.07, 6.45) is -4.61. The summed E-state index contributed by atoms with van der Waals surface area (Å²) < 4.78 is 50.9. The van der Waals surface area contributed by atoms with Crippen LogP contribution >= 0.6 is 22.9 Å². The summed E-state index contributed by atoms with van der Waals surface area (Å²) in [6, 6.07) is 19.6. The Morgan fingerprint density at radius 1 is 1.09 bits per heavy atom. The first-order valence-electron chi connectivity index (χ1n) is 17.3. The normalized spacial score (nSPS) is 18.3. The number of hydrogen-bond acceptors (Lipinski definition) is 11. The van der Waals surface area contributed by atoms with E-state index in [4.69, 9.17) is 21.1 Å². The van der Waals surface area contributed by atoms with Crippen LogP contribution in [0.2, 0.25) is 5.02 Å². The number of para-hydroxylation sites is 1. The van der Waals surface area contributed by atoms with Crippen molar-refractivity contribution in [2.24, 2.45) is 15.4 Å². The number of aliphatic imine (C=N–C) groups is 2. The summed E-state index contributed by atoms with van der Waals surface area (Å²) in [5.41, 5.74) is 2.04. The minimum absolute atomic E-state index is 0.0150. The molecule has 0 fully saturated rings. The van der Waals surface area contributed by atoms with Crippen LogP contribution in [0.4, 0.5) is 18.9 Å². The van der Waals surface area contributed by atoms with Crippen molar-refractivity contribution < 1.29 is 32.2 Å². The Bertz CT molecular complexity index is 1990. The number of rotatable bonds is 5. The van der Waals surface area contributed by atoms with Gasteiger partial charge in [-0.05, 0) is 65.9 Å². The first-order valence-corrected chi connectivity index (χ1v) is 18.5. The third kappa shape index (κ3) is 11.1. The third-order valence-electron chi connectivity index (χ3n) is 8.39. The van der Waals surface area contributed by atoms with E-state index in [0.717, 1.165) is 15.2 Å². The molecule has 17 heteroatoms. The zero-order chi connectivity index (χ0) is 38.3. The van der Waals surface area contributed by atoms with Gasteiger partial charge in [0.1, 0.15) is 12.4 Å². The molecule has 4 N–H and O–H groups in total. The van der Waals surface area contributed by atoms with Crippen LogP contribution in [0.5, 0.6) is 5.75 Å². The topological polar surface area (TPSA) is 142 Å². The Balaban J connectivity index is 1.19. The lowest BCUT2D eigenvalue weighted by molar-refractivity contribution is -0.186. The van der Waals surface area contributed by atoms with Gasteiger partial charge >= 0.3 is 6.18 Å². The number of nitrogens with one attached hydrogen (secondary N) is 4. The molecular formula is C37H40ClF3N8O4S. The van der Waals surface area contributed by atoms with Gasteiger partial charge in [0, 0.05) is 43.7 Å². The standard InChI is InChI=1S/C37H40ClF3N8O4S/c1-36(2)20-43-32(51)24-9-11-25(12-10-24)44-34-46-33(47-35(48-34)53-22-37(39,40)41)42-19-23-8-13-28(26(38)18-23)52-17-5-16-49(21-36)31(50)15-14-30-45-27-6-3-4-7-29(27)54-30/h3-4,6-13,18,35H,5,14-17,19-22H2,1-2H3,(H,43,51)(H3,42,44,46,47,48). The van der Waals surface area contributed by atoms with Crippen molar-refractivity contribution in [3.8, 4) is 5.75 Å². The predicted octanol–water partition coefficient (Wildman–Crippen LogP) is 6.33. The van der Waals surface area contributed by atoms with E-state index in [1.807, 2.05) is 43.0 Å². The van der Waals surface area contributed by atoms with Gasteiger partial charge in [0.05, 0.1) is 33.4 Å². The molecule has 0 radical (unpaired) electrons. The van der Waals surface area contributed by atoms with Gasteiger partial charge in [-0.2, -0.15) is 18.2 Å². The van der Waals surface area contributed by atoms with Gasteiger partial charge in [0.15, 0.2) is 0 Å². The minimum atomic E-state index is -4.56. The molecule has 0 aliphatic carbocycles. The number of carbonyl (C=O) groups is 2. The van der Waals surface area contributed by atoms with E-state index in [9.17, 15) is 22.8 Å². The van der Waals surface area contributed by atoms with Crippen LogP contribution in [0.15, 0.2) is 76.7 Å². The monoisotopic (exact) mass is 784 g/mol. The van der Waals surface area contributed by atoms with Crippen LogP contribution in [0.25, 0.3) is 10.2 Å². The number of carbonyl (C=O) groups excluding carboxylic acids is 2. The summed E-state index contributed by atoms with van der Waals surface area (Å²) in [7, 11) is 0. The molecule has 6 heterocycles. The Morgan fingerprint density at radius 2 is 1.89 bits per heavy atom. The van der Waals surface area contributed by atoms with Gasteiger partial charge in [-0.25, -0.2) is 9.98 Å². The summed E-state index contributed by atoms with van der Waals surface area (Å²) in [4.78, 5) is 42.0. The van der Waals surface area contributed by atoms with E-state index in [0.29, 0.717) is 73.1 Å². The number of halogens is 4. The van der Waals surface area contributed by atoms with Crippen LogP contribution in [0.1, 0.15) is 47.6 Å². The number of nitrogens with zero attached hydrogens (tertiary/aromatic N) is 4. The van der Waals surface area contributed by atoms with E-state index in [-0.39, 0.29) is 30.3 Å². The van der Waals surface area contributed by atoms with Crippen LogP contribution in [-0.2, 0) is 22.5 Å². The number of ether oxygens (including phenoxy) is 2. The second-order valence-electron chi connectivity index (χ2n) is 13.6. The van der Waals surface area contributed by atoms with Gasteiger partial charge in [0.25, 0.3) is 5.91 Å². The molecule has 5 aliphatic heterocycles. The molecule has 2 amide bonds. The maximum atomic E-state index is 13.7. The van der Waals surface area contributed by atoms with Crippen molar-refractivity contribution >= 4 is 62.6 Å². The highest BCUT2D eigenvalue weighted by atomic mass is 35.5. The molecule has 1 atom stereocenters.